The topological polar surface area (TPSA) is 73.5 Å². The monoisotopic (exact) mass is 409 g/mol. The van der Waals surface area contributed by atoms with Gasteiger partial charge in [-0.15, -0.1) is 0 Å². The number of hydrogen-bond donors (Lipinski definition) is 1. The van der Waals surface area contributed by atoms with Gasteiger partial charge in [-0.3, -0.25) is 4.98 Å². The van der Waals surface area contributed by atoms with E-state index in [0.29, 0.717) is 12.4 Å². The van der Waals surface area contributed by atoms with Gasteiger partial charge in [0.2, 0.25) is 0 Å². The van der Waals surface area contributed by atoms with Gasteiger partial charge in [0.05, 0.1) is 35.4 Å². The van der Waals surface area contributed by atoms with Crippen molar-refractivity contribution >= 4 is 16.9 Å². The van der Waals surface area contributed by atoms with E-state index >= 15 is 0 Å². The first-order chi connectivity index (χ1) is 15.2. The highest BCUT2D eigenvalue weighted by Crippen LogP contribution is 2.16. The Hall–Kier alpha value is -4.00. The van der Waals surface area contributed by atoms with Gasteiger partial charge < -0.3 is 9.88 Å². The van der Waals surface area contributed by atoms with Crippen molar-refractivity contribution in [3.8, 4) is 5.82 Å². The molecular weight excluding hydrogens is 386 g/mol. The molecule has 0 amide bonds. The molecule has 0 saturated heterocycles. The predicted molar refractivity (Wildman–Crippen MR) is 121 cm³/mol. The van der Waals surface area contributed by atoms with Gasteiger partial charge in [-0.25, -0.2) is 14.6 Å². The van der Waals surface area contributed by atoms with E-state index in [1.165, 1.54) is 11.1 Å². The highest BCUT2D eigenvalue weighted by molar-refractivity contribution is 5.75. The van der Waals surface area contributed by atoms with Crippen molar-refractivity contribution in [1.29, 1.82) is 0 Å². The summed E-state index contributed by atoms with van der Waals surface area (Å²) in [5.41, 5.74) is 6.57. The molecule has 0 aliphatic carbocycles. The number of aryl methyl sites for hydroxylation is 2. The number of imidazole rings is 1. The molecule has 0 bridgehead atoms. The molecule has 0 aliphatic rings. The molecule has 0 atom stereocenters. The number of rotatable bonds is 6. The maximum atomic E-state index is 4.65. The quantitative estimate of drug-likeness (QED) is 0.453. The molecule has 5 aromatic rings. The standard InChI is InChI=1S/C24H23N7/c1-17-11-18(2)31(29-17)24-14-25-13-23(28-24)26-12-19-7-9-20(10-8-19)15-30-16-27-21-5-3-4-6-22(21)30/h3-11,13-14,16H,12,15H2,1-2H3,(H,26,28). The lowest BCUT2D eigenvalue weighted by molar-refractivity contribution is 0.799. The number of aromatic nitrogens is 6. The van der Waals surface area contributed by atoms with Gasteiger partial charge in [0.25, 0.3) is 0 Å². The van der Waals surface area contributed by atoms with E-state index in [1.54, 1.807) is 12.4 Å². The second kappa shape index (κ2) is 8.02. The molecule has 1 N–H and O–H groups in total. The predicted octanol–water partition coefficient (Wildman–Crippen LogP) is 4.29. The average molecular weight is 409 g/mol. The van der Waals surface area contributed by atoms with Gasteiger partial charge in [-0.05, 0) is 43.2 Å². The number of benzene rings is 2. The van der Waals surface area contributed by atoms with E-state index in [2.05, 4.69) is 60.3 Å². The summed E-state index contributed by atoms with van der Waals surface area (Å²) in [6, 6.07) is 18.8. The van der Waals surface area contributed by atoms with Gasteiger partial charge in [-0.1, -0.05) is 36.4 Å². The molecule has 154 valence electrons. The van der Waals surface area contributed by atoms with Crippen molar-refractivity contribution in [2.24, 2.45) is 0 Å². The smallest absolute Gasteiger partial charge is 0.174 e. The number of nitrogens with one attached hydrogen (secondary N) is 1. The van der Waals surface area contributed by atoms with Crippen molar-refractivity contribution in [2.45, 2.75) is 26.9 Å². The van der Waals surface area contributed by atoms with Crippen LogP contribution in [0.4, 0.5) is 5.82 Å². The van der Waals surface area contributed by atoms with Gasteiger partial charge in [0, 0.05) is 18.8 Å². The van der Waals surface area contributed by atoms with Crippen LogP contribution in [0.15, 0.2) is 73.3 Å². The lowest BCUT2D eigenvalue weighted by Gasteiger charge is -2.09. The molecule has 7 nitrogen and oxygen atoms in total. The fourth-order valence-electron chi connectivity index (χ4n) is 3.69. The minimum Gasteiger partial charge on any atom is -0.365 e. The summed E-state index contributed by atoms with van der Waals surface area (Å²) in [6.07, 6.45) is 5.35. The average Bonchev–Trinajstić information content (AvgIpc) is 3.36. The lowest BCUT2D eigenvalue weighted by atomic mass is 10.1. The van der Waals surface area contributed by atoms with Crippen LogP contribution in [0.1, 0.15) is 22.5 Å². The zero-order valence-electron chi connectivity index (χ0n) is 17.5. The van der Waals surface area contributed by atoms with Crippen molar-refractivity contribution in [2.75, 3.05) is 5.32 Å². The Morgan fingerprint density at radius 3 is 2.55 bits per heavy atom. The van der Waals surface area contributed by atoms with Gasteiger partial charge in [0.15, 0.2) is 5.82 Å². The SMILES string of the molecule is Cc1cc(C)n(-c2cncc(NCc3ccc(Cn4cnc5ccccc54)cc3)n2)n1. The first-order valence-electron chi connectivity index (χ1n) is 10.2. The van der Waals surface area contributed by atoms with Crippen LogP contribution >= 0.6 is 0 Å². The fraction of sp³-hybridized carbons (Fsp3) is 0.167. The highest BCUT2D eigenvalue weighted by Gasteiger charge is 2.07. The zero-order chi connectivity index (χ0) is 21.2. The van der Waals surface area contributed by atoms with Crippen molar-refractivity contribution in [3.63, 3.8) is 0 Å². The first kappa shape index (κ1) is 19.0. The van der Waals surface area contributed by atoms with E-state index < -0.39 is 0 Å². The van der Waals surface area contributed by atoms with Crippen LogP contribution in [0.2, 0.25) is 0 Å². The Morgan fingerprint density at radius 2 is 1.74 bits per heavy atom. The van der Waals surface area contributed by atoms with Crippen LogP contribution in [-0.4, -0.2) is 29.3 Å². The number of anilines is 1. The Labute approximate surface area is 180 Å². The van der Waals surface area contributed by atoms with Crippen LogP contribution in [0.5, 0.6) is 0 Å². The Kier molecular flexibility index (Phi) is 4.92. The van der Waals surface area contributed by atoms with Gasteiger partial charge >= 0.3 is 0 Å². The Bertz CT molecular complexity index is 1330. The molecule has 0 fully saturated rings. The largest absolute Gasteiger partial charge is 0.365 e. The third-order valence-corrected chi connectivity index (χ3v) is 5.23. The summed E-state index contributed by atoms with van der Waals surface area (Å²) in [5, 5.41) is 7.84. The Balaban J connectivity index is 1.25. The molecule has 31 heavy (non-hydrogen) atoms. The van der Waals surface area contributed by atoms with Crippen molar-refractivity contribution < 1.29 is 0 Å². The third-order valence-electron chi connectivity index (χ3n) is 5.23. The number of hydrogen-bond acceptors (Lipinski definition) is 5. The summed E-state index contributed by atoms with van der Waals surface area (Å²) in [6.45, 7) is 5.45. The zero-order valence-corrected chi connectivity index (χ0v) is 17.5. The van der Waals surface area contributed by atoms with E-state index in [0.717, 1.165) is 34.8 Å². The molecule has 3 aromatic heterocycles. The third kappa shape index (κ3) is 4.02. The minimum absolute atomic E-state index is 0.670. The van der Waals surface area contributed by atoms with E-state index in [1.807, 2.05) is 49.1 Å². The molecular formula is C24H23N7. The molecule has 0 saturated carbocycles. The molecule has 0 radical (unpaired) electrons. The summed E-state index contributed by atoms with van der Waals surface area (Å²) in [7, 11) is 0. The van der Waals surface area contributed by atoms with Crippen LogP contribution < -0.4 is 5.32 Å². The van der Waals surface area contributed by atoms with Gasteiger partial charge in [0.1, 0.15) is 5.82 Å². The summed E-state index contributed by atoms with van der Waals surface area (Å²) in [4.78, 5) is 13.4. The lowest BCUT2D eigenvalue weighted by Crippen LogP contribution is -2.07. The second-order valence-corrected chi connectivity index (χ2v) is 7.63. The van der Waals surface area contributed by atoms with E-state index in [9.17, 15) is 0 Å². The molecule has 2 aromatic carbocycles. The van der Waals surface area contributed by atoms with Crippen molar-refractivity contribution in [3.05, 3.63) is 95.8 Å². The summed E-state index contributed by atoms with van der Waals surface area (Å²) in [5.74, 6) is 1.43. The number of para-hydroxylation sites is 2. The van der Waals surface area contributed by atoms with E-state index in [-0.39, 0.29) is 0 Å². The fourth-order valence-corrected chi connectivity index (χ4v) is 3.69. The number of fused-ring (bicyclic) bond motifs is 1. The maximum absolute atomic E-state index is 4.65. The normalized spacial score (nSPS) is 11.2. The number of nitrogens with zero attached hydrogens (tertiary/aromatic N) is 6. The van der Waals surface area contributed by atoms with Crippen LogP contribution in [-0.2, 0) is 13.1 Å². The molecule has 3 heterocycles. The molecule has 0 aliphatic heterocycles. The first-order valence-corrected chi connectivity index (χ1v) is 10.2. The van der Waals surface area contributed by atoms with Gasteiger partial charge in [-0.2, -0.15) is 5.10 Å². The molecule has 0 spiro atoms. The summed E-state index contributed by atoms with van der Waals surface area (Å²) < 4.78 is 3.98. The van der Waals surface area contributed by atoms with Crippen LogP contribution in [0.3, 0.4) is 0 Å². The second-order valence-electron chi connectivity index (χ2n) is 7.63. The minimum atomic E-state index is 0.670. The van der Waals surface area contributed by atoms with Crippen molar-refractivity contribution in [1.82, 2.24) is 29.3 Å². The van der Waals surface area contributed by atoms with Crippen LogP contribution in [0, 0.1) is 13.8 Å². The molecule has 5 rings (SSSR count). The highest BCUT2D eigenvalue weighted by atomic mass is 15.3. The van der Waals surface area contributed by atoms with E-state index in [4.69, 9.17) is 0 Å². The Morgan fingerprint density at radius 1 is 0.935 bits per heavy atom. The maximum Gasteiger partial charge on any atom is 0.174 e. The molecule has 0 unspecified atom stereocenters. The molecule has 7 heteroatoms. The summed E-state index contributed by atoms with van der Waals surface area (Å²) >= 11 is 0. The van der Waals surface area contributed by atoms with Crippen LogP contribution in [0.25, 0.3) is 16.9 Å².